The third kappa shape index (κ3) is 5.24. The average molecular weight is 426 g/mol. The summed E-state index contributed by atoms with van der Waals surface area (Å²) in [6, 6.07) is 4.03. The molecule has 0 saturated carbocycles. The van der Waals surface area contributed by atoms with Crippen molar-refractivity contribution < 1.29 is 27.5 Å². The monoisotopic (exact) mass is 426 g/mol. The summed E-state index contributed by atoms with van der Waals surface area (Å²) in [5.41, 5.74) is 0.192. The van der Waals surface area contributed by atoms with Crippen LogP contribution in [-0.4, -0.2) is 82.3 Å². The molecule has 0 aromatic heterocycles. The van der Waals surface area contributed by atoms with Crippen LogP contribution in [0.5, 0.6) is 5.75 Å². The van der Waals surface area contributed by atoms with Crippen LogP contribution in [0, 0.1) is 0 Å². The largest absolute Gasteiger partial charge is 0.495 e. The number of nitrogens with one attached hydrogen (secondary N) is 2. The number of methoxy groups -OCH3 is 1. The highest BCUT2D eigenvalue weighted by Gasteiger charge is 2.29. The Kier molecular flexibility index (Phi) is 7.20. The SMILES string of the molecule is CNS(=O)(=O)c1cc(C(=O)N2CCN(C(=O)C(=O)NC(C)C)CC2)ccc1OC. The molecule has 11 heteroatoms. The van der Waals surface area contributed by atoms with Crippen molar-refractivity contribution in [2.45, 2.75) is 24.8 Å². The van der Waals surface area contributed by atoms with Crippen LogP contribution in [0.3, 0.4) is 0 Å². The van der Waals surface area contributed by atoms with Gasteiger partial charge in [0.2, 0.25) is 10.0 Å². The number of piperazine rings is 1. The van der Waals surface area contributed by atoms with Gasteiger partial charge in [0.05, 0.1) is 7.11 Å². The molecular formula is C18H26N4O6S. The van der Waals surface area contributed by atoms with Crippen molar-refractivity contribution in [3.63, 3.8) is 0 Å². The molecule has 3 amide bonds. The van der Waals surface area contributed by atoms with Crippen molar-refractivity contribution in [1.29, 1.82) is 0 Å². The summed E-state index contributed by atoms with van der Waals surface area (Å²) in [6.45, 7) is 4.43. The van der Waals surface area contributed by atoms with Gasteiger partial charge in [0.1, 0.15) is 10.6 Å². The van der Waals surface area contributed by atoms with Crippen LogP contribution in [0.4, 0.5) is 0 Å². The van der Waals surface area contributed by atoms with E-state index in [1.165, 1.54) is 42.2 Å². The van der Waals surface area contributed by atoms with E-state index in [4.69, 9.17) is 4.74 Å². The molecule has 2 rings (SSSR count). The molecule has 1 fully saturated rings. The van der Waals surface area contributed by atoms with Crippen molar-refractivity contribution >= 4 is 27.7 Å². The van der Waals surface area contributed by atoms with E-state index in [1.807, 2.05) is 0 Å². The zero-order chi connectivity index (χ0) is 21.8. The number of sulfonamides is 1. The lowest BCUT2D eigenvalue weighted by atomic mass is 10.1. The minimum Gasteiger partial charge on any atom is -0.495 e. The van der Waals surface area contributed by atoms with Gasteiger partial charge >= 0.3 is 11.8 Å². The van der Waals surface area contributed by atoms with Gasteiger partial charge in [-0.1, -0.05) is 0 Å². The first-order valence-corrected chi connectivity index (χ1v) is 10.6. The molecule has 1 aromatic carbocycles. The second-order valence-corrected chi connectivity index (χ2v) is 8.64. The fourth-order valence-electron chi connectivity index (χ4n) is 2.89. The molecule has 1 aliphatic heterocycles. The second-order valence-electron chi connectivity index (χ2n) is 6.79. The van der Waals surface area contributed by atoms with Gasteiger partial charge in [0.15, 0.2) is 0 Å². The molecule has 29 heavy (non-hydrogen) atoms. The van der Waals surface area contributed by atoms with Gasteiger partial charge in [-0.3, -0.25) is 14.4 Å². The molecule has 10 nitrogen and oxygen atoms in total. The van der Waals surface area contributed by atoms with Crippen LogP contribution < -0.4 is 14.8 Å². The summed E-state index contributed by atoms with van der Waals surface area (Å²) < 4.78 is 31.7. The Balaban J connectivity index is 2.11. The summed E-state index contributed by atoms with van der Waals surface area (Å²) in [5.74, 6) is -1.53. The van der Waals surface area contributed by atoms with Gasteiger partial charge in [-0.15, -0.1) is 0 Å². The van der Waals surface area contributed by atoms with E-state index in [-0.39, 0.29) is 54.3 Å². The minimum atomic E-state index is -3.81. The van der Waals surface area contributed by atoms with E-state index in [0.29, 0.717) is 0 Å². The first kappa shape index (κ1) is 22.6. The molecule has 2 N–H and O–H groups in total. The molecule has 0 spiro atoms. The fraction of sp³-hybridized carbons (Fsp3) is 0.500. The van der Waals surface area contributed by atoms with Gasteiger partial charge in [0, 0.05) is 37.8 Å². The summed E-state index contributed by atoms with van der Waals surface area (Å²) in [5, 5.41) is 2.55. The van der Waals surface area contributed by atoms with Crippen LogP contribution >= 0.6 is 0 Å². The van der Waals surface area contributed by atoms with Gasteiger partial charge in [-0.2, -0.15) is 0 Å². The first-order valence-electron chi connectivity index (χ1n) is 9.11. The van der Waals surface area contributed by atoms with Gasteiger partial charge < -0.3 is 19.9 Å². The number of carbonyl (C=O) groups excluding carboxylic acids is 3. The predicted octanol–water partition coefficient (Wildman–Crippen LogP) is -0.588. The lowest BCUT2D eigenvalue weighted by Crippen LogP contribution is -2.54. The molecule has 1 aromatic rings. The average Bonchev–Trinajstić information content (AvgIpc) is 2.71. The molecule has 160 valence electrons. The Morgan fingerprint density at radius 1 is 1.07 bits per heavy atom. The van der Waals surface area contributed by atoms with Crippen molar-refractivity contribution in [3.05, 3.63) is 23.8 Å². The Morgan fingerprint density at radius 2 is 1.66 bits per heavy atom. The maximum Gasteiger partial charge on any atom is 0.312 e. The van der Waals surface area contributed by atoms with Gasteiger partial charge in [-0.05, 0) is 39.1 Å². The highest BCUT2D eigenvalue weighted by molar-refractivity contribution is 7.89. The number of ether oxygens (including phenoxy) is 1. The zero-order valence-corrected chi connectivity index (χ0v) is 17.7. The number of benzene rings is 1. The number of rotatable bonds is 5. The Morgan fingerprint density at radius 3 is 2.17 bits per heavy atom. The Hall–Kier alpha value is -2.66. The smallest absolute Gasteiger partial charge is 0.312 e. The van der Waals surface area contributed by atoms with E-state index in [9.17, 15) is 22.8 Å². The van der Waals surface area contributed by atoms with Gasteiger partial charge in [0.25, 0.3) is 5.91 Å². The third-order valence-electron chi connectivity index (χ3n) is 4.44. The molecule has 0 radical (unpaired) electrons. The fourth-order valence-corrected chi connectivity index (χ4v) is 3.81. The zero-order valence-electron chi connectivity index (χ0n) is 16.9. The van der Waals surface area contributed by atoms with Crippen molar-refractivity contribution in [3.8, 4) is 5.75 Å². The van der Waals surface area contributed by atoms with Crippen LogP contribution in [0.1, 0.15) is 24.2 Å². The first-order chi connectivity index (χ1) is 13.6. The standard InChI is InChI=1S/C18H26N4O6S/c1-12(2)20-16(23)18(25)22-9-7-21(8-10-22)17(24)13-5-6-14(28-4)15(11-13)29(26,27)19-3/h5-6,11-12,19H,7-10H2,1-4H3,(H,20,23). The lowest BCUT2D eigenvalue weighted by molar-refractivity contribution is -0.147. The van der Waals surface area contributed by atoms with E-state index in [0.717, 1.165) is 0 Å². The van der Waals surface area contributed by atoms with E-state index in [1.54, 1.807) is 13.8 Å². The Bertz CT molecular complexity index is 892. The third-order valence-corrected chi connectivity index (χ3v) is 5.87. The maximum absolute atomic E-state index is 12.8. The topological polar surface area (TPSA) is 125 Å². The molecule has 0 aliphatic carbocycles. The number of carbonyl (C=O) groups is 3. The lowest BCUT2D eigenvalue weighted by Gasteiger charge is -2.34. The van der Waals surface area contributed by atoms with E-state index in [2.05, 4.69) is 10.0 Å². The van der Waals surface area contributed by atoms with Gasteiger partial charge in [-0.25, -0.2) is 13.1 Å². The number of hydrogen-bond acceptors (Lipinski definition) is 6. The molecule has 1 aliphatic rings. The van der Waals surface area contributed by atoms with Crippen molar-refractivity contribution in [2.75, 3.05) is 40.3 Å². The minimum absolute atomic E-state index is 0.127. The normalized spacial score (nSPS) is 14.7. The van der Waals surface area contributed by atoms with Crippen molar-refractivity contribution in [2.24, 2.45) is 0 Å². The number of amides is 3. The highest BCUT2D eigenvalue weighted by Crippen LogP contribution is 2.25. The quantitative estimate of drug-likeness (QED) is 0.607. The molecule has 0 bridgehead atoms. The van der Waals surface area contributed by atoms with Crippen molar-refractivity contribution in [1.82, 2.24) is 19.8 Å². The molecule has 0 unspecified atom stereocenters. The van der Waals surface area contributed by atoms with Crippen LogP contribution in [0.2, 0.25) is 0 Å². The molecule has 1 heterocycles. The molecule has 0 atom stereocenters. The number of nitrogens with zero attached hydrogens (tertiary/aromatic N) is 2. The molecule has 1 saturated heterocycles. The summed E-state index contributed by atoms with van der Waals surface area (Å²) in [7, 11) is -1.19. The van der Waals surface area contributed by atoms with E-state index < -0.39 is 21.8 Å². The predicted molar refractivity (Wildman–Crippen MR) is 105 cm³/mol. The summed E-state index contributed by atoms with van der Waals surface area (Å²) in [6.07, 6.45) is 0. The van der Waals surface area contributed by atoms with E-state index >= 15 is 0 Å². The maximum atomic E-state index is 12.8. The molecular weight excluding hydrogens is 400 g/mol. The number of hydrogen-bond donors (Lipinski definition) is 2. The summed E-state index contributed by atoms with van der Waals surface area (Å²) in [4.78, 5) is 39.6. The summed E-state index contributed by atoms with van der Waals surface area (Å²) >= 11 is 0. The highest BCUT2D eigenvalue weighted by atomic mass is 32.2. The van der Waals surface area contributed by atoms with Crippen LogP contribution in [0.15, 0.2) is 23.1 Å². The Labute approximate surface area is 170 Å². The second kappa shape index (κ2) is 9.23. The van der Waals surface area contributed by atoms with Crippen LogP contribution in [0.25, 0.3) is 0 Å². The van der Waals surface area contributed by atoms with Crippen LogP contribution in [-0.2, 0) is 19.6 Å².